The van der Waals surface area contributed by atoms with Gasteiger partial charge in [0, 0.05) is 12.1 Å². The monoisotopic (exact) mass is 273 g/mol. The van der Waals surface area contributed by atoms with Crippen LogP contribution in [0.4, 0.5) is 0 Å². The number of fused-ring (bicyclic) bond motifs is 1. The van der Waals surface area contributed by atoms with E-state index in [-0.39, 0.29) is 0 Å². The fourth-order valence-corrected chi connectivity index (χ4v) is 3.99. The second-order valence-electron chi connectivity index (χ2n) is 6.51. The lowest BCUT2D eigenvalue weighted by atomic mass is 9.86. The SMILES string of the molecule is COc1ccc2c(c1)C(N[C@@H](C)C1CCCC1)CCC2. The molecular formula is C18H27NO. The molecule has 0 amide bonds. The van der Waals surface area contributed by atoms with Crippen LogP contribution in [0.15, 0.2) is 18.2 Å². The van der Waals surface area contributed by atoms with Gasteiger partial charge in [-0.3, -0.25) is 0 Å². The number of methoxy groups -OCH3 is 1. The van der Waals surface area contributed by atoms with Gasteiger partial charge in [0.1, 0.15) is 5.75 Å². The second kappa shape index (κ2) is 6.17. The lowest BCUT2D eigenvalue weighted by molar-refractivity contribution is 0.323. The third-order valence-electron chi connectivity index (χ3n) is 5.24. The zero-order valence-electron chi connectivity index (χ0n) is 12.8. The Kier molecular flexibility index (Phi) is 4.30. The van der Waals surface area contributed by atoms with Crippen molar-refractivity contribution in [1.29, 1.82) is 0 Å². The number of rotatable bonds is 4. The number of hydrogen-bond donors (Lipinski definition) is 1. The predicted octanol–water partition coefficient (Wildman–Crippen LogP) is 4.24. The molecule has 0 aromatic heterocycles. The molecule has 1 unspecified atom stereocenters. The highest BCUT2D eigenvalue weighted by atomic mass is 16.5. The van der Waals surface area contributed by atoms with Gasteiger partial charge in [-0.25, -0.2) is 0 Å². The summed E-state index contributed by atoms with van der Waals surface area (Å²) in [5.74, 6) is 1.87. The van der Waals surface area contributed by atoms with Crippen molar-refractivity contribution >= 4 is 0 Å². The summed E-state index contributed by atoms with van der Waals surface area (Å²) in [7, 11) is 1.76. The van der Waals surface area contributed by atoms with Crippen molar-refractivity contribution in [2.45, 2.75) is 64.0 Å². The molecule has 0 aliphatic heterocycles. The van der Waals surface area contributed by atoms with Gasteiger partial charge in [-0.2, -0.15) is 0 Å². The minimum absolute atomic E-state index is 0.518. The van der Waals surface area contributed by atoms with E-state index in [1.165, 1.54) is 56.1 Å². The molecule has 1 saturated carbocycles. The topological polar surface area (TPSA) is 21.3 Å². The molecule has 2 aliphatic rings. The number of benzene rings is 1. The lowest BCUT2D eigenvalue weighted by Crippen LogP contribution is -2.37. The van der Waals surface area contributed by atoms with Crippen molar-refractivity contribution in [2.75, 3.05) is 7.11 Å². The summed E-state index contributed by atoms with van der Waals surface area (Å²) >= 11 is 0. The first-order chi connectivity index (χ1) is 9.78. The minimum atomic E-state index is 0.518. The van der Waals surface area contributed by atoms with Crippen molar-refractivity contribution in [3.05, 3.63) is 29.3 Å². The minimum Gasteiger partial charge on any atom is -0.497 e. The average Bonchev–Trinajstić information content (AvgIpc) is 3.01. The fourth-order valence-electron chi connectivity index (χ4n) is 3.99. The Labute approximate surface area is 122 Å². The third kappa shape index (κ3) is 2.85. The van der Waals surface area contributed by atoms with Crippen LogP contribution in [0, 0.1) is 5.92 Å². The maximum atomic E-state index is 5.41. The van der Waals surface area contributed by atoms with Crippen molar-refractivity contribution in [2.24, 2.45) is 5.92 Å². The van der Waals surface area contributed by atoms with Gasteiger partial charge in [0.05, 0.1) is 7.11 Å². The van der Waals surface area contributed by atoms with E-state index in [1.54, 1.807) is 7.11 Å². The van der Waals surface area contributed by atoms with E-state index in [0.717, 1.165) is 11.7 Å². The van der Waals surface area contributed by atoms with Gasteiger partial charge < -0.3 is 10.1 Å². The van der Waals surface area contributed by atoms with Crippen LogP contribution in [0.1, 0.15) is 62.6 Å². The lowest BCUT2D eigenvalue weighted by Gasteiger charge is -2.32. The summed E-state index contributed by atoms with van der Waals surface area (Å²) in [6, 6.07) is 7.75. The first-order valence-corrected chi connectivity index (χ1v) is 8.21. The quantitative estimate of drug-likeness (QED) is 0.886. The van der Waals surface area contributed by atoms with Crippen molar-refractivity contribution < 1.29 is 4.74 Å². The van der Waals surface area contributed by atoms with Crippen LogP contribution in [-0.2, 0) is 6.42 Å². The van der Waals surface area contributed by atoms with E-state index in [9.17, 15) is 0 Å². The maximum Gasteiger partial charge on any atom is 0.119 e. The smallest absolute Gasteiger partial charge is 0.119 e. The van der Waals surface area contributed by atoms with Gasteiger partial charge in [-0.05, 0) is 68.2 Å². The van der Waals surface area contributed by atoms with Crippen LogP contribution in [0.2, 0.25) is 0 Å². The Bertz CT molecular complexity index is 451. The maximum absolute atomic E-state index is 5.41. The molecule has 0 saturated heterocycles. The van der Waals surface area contributed by atoms with E-state index >= 15 is 0 Å². The van der Waals surface area contributed by atoms with Crippen LogP contribution in [0.3, 0.4) is 0 Å². The highest BCUT2D eigenvalue weighted by Gasteiger charge is 2.26. The Hall–Kier alpha value is -1.02. The largest absolute Gasteiger partial charge is 0.497 e. The van der Waals surface area contributed by atoms with Crippen LogP contribution in [0.25, 0.3) is 0 Å². The van der Waals surface area contributed by atoms with Crippen LogP contribution in [-0.4, -0.2) is 13.2 Å². The summed E-state index contributed by atoms with van der Waals surface area (Å²) in [5.41, 5.74) is 2.98. The zero-order valence-corrected chi connectivity index (χ0v) is 12.8. The molecule has 1 fully saturated rings. The van der Waals surface area contributed by atoms with Crippen LogP contribution < -0.4 is 10.1 Å². The molecule has 1 N–H and O–H groups in total. The fraction of sp³-hybridized carbons (Fsp3) is 0.667. The standard InChI is InChI=1S/C18H27NO/c1-13(14-6-3-4-7-14)19-18-9-5-8-15-10-11-16(20-2)12-17(15)18/h10-14,18-19H,3-9H2,1-2H3/t13-,18?/m0/s1. The molecule has 2 atom stereocenters. The summed E-state index contributed by atoms with van der Waals surface area (Å²) < 4.78 is 5.41. The molecule has 1 aromatic rings. The molecule has 2 heteroatoms. The van der Waals surface area contributed by atoms with E-state index in [2.05, 4.69) is 30.4 Å². The Morgan fingerprint density at radius 2 is 1.95 bits per heavy atom. The second-order valence-corrected chi connectivity index (χ2v) is 6.51. The Morgan fingerprint density at radius 3 is 2.70 bits per heavy atom. The van der Waals surface area contributed by atoms with E-state index < -0.39 is 0 Å². The van der Waals surface area contributed by atoms with Crippen LogP contribution in [0.5, 0.6) is 5.75 Å². The van der Waals surface area contributed by atoms with E-state index in [4.69, 9.17) is 4.74 Å². The van der Waals surface area contributed by atoms with Gasteiger partial charge >= 0.3 is 0 Å². The van der Waals surface area contributed by atoms with Crippen LogP contribution >= 0.6 is 0 Å². The first kappa shape index (κ1) is 13.9. The van der Waals surface area contributed by atoms with E-state index in [0.29, 0.717) is 12.1 Å². The van der Waals surface area contributed by atoms with E-state index in [1.807, 2.05) is 0 Å². The normalized spacial score (nSPS) is 24.4. The molecule has 0 radical (unpaired) electrons. The number of ether oxygens (including phenoxy) is 1. The summed E-state index contributed by atoms with van der Waals surface area (Å²) in [4.78, 5) is 0. The molecule has 0 bridgehead atoms. The van der Waals surface area contributed by atoms with Crippen molar-refractivity contribution in [1.82, 2.24) is 5.32 Å². The number of aryl methyl sites for hydroxylation is 1. The Morgan fingerprint density at radius 1 is 1.15 bits per heavy atom. The molecule has 2 nitrogen and oxygen atoms in total. The molecule has 1 aromatic carbocycles. The summed E-state index contributed by atoms with van der Waals surface area (Å²) in [6.07, 6.45) is 9.44. The molecule has 3 rings (SSSR count). The Balaban J connectivity index is 1.74. The first-order valence-electron chi connectivity index (χ1n) is 8.21. The summed E-state index contributed by atoms with van der Waals surface area (Å²) in [6.45, 7) is 2.38. The average molecular weight is 273 g/mol. The molecule has 110 valence electrons. The van der Waals surface area contributed by atoms with Gasteiger partial charge in [-0.15, -0.1) is 0 Å². The van der Waals surface area contributed by atoms with Gasteiger partial charge in [0.15, 0.2) is 0 Å². The van der Waals surface area contributed by atoms with Gasteiger partial charge in [0.2, 0.25) is 0 Å². The number of hydrogen-bond acceptors (Lipinski definition) is 2. The zero-order chi connectivity index (χ0) is 13.9. The summed E-state index contributed by atoms with van der Waals surface area (Å²) in [5, 5.41) is 3.91. The third-order valence-corrected chi connectivity index (χ3v) is 5.24. The van der Waals surface area contributed by atoms with Gasteiger partial charge in [0.25, 0.3) is 0 Å². The van der Waals surface area contributed by atoms with Crippen molar-refractivity contribution in [3.63, 3.8) is 0 Å². The molecule has 0 heterocycles. The number of nitrogens with one attached hydrogen (secondary N) is 1. The molecule has 0 spiro atoms. The van der Waals surface area contributed by atoms with Gasteiger partial charge in [-0.1, -0.05) is 18.9 Å². The highest BCUT2D eigenvalue weighted by molar-refractivity contribution is 5.39. The molecule has 2 aliphatic carbocycles. The molecular weight excluding hydrogens is 246 g/mol. The van der Waals surface area contributed by atoms with Crippen molar-refractivity contribution in [3.8, 4) is 5.75 Å². The highest BCUT2D eigenvalue weighted by Crippen LogP contribution is 2.35. The predicted molar refractivity (Wildman–Crippen MR) is 83.2 cm³/mol. The molecule has 20 heavy (non-hydrogen) atoms.